The van der Waals surface area contributed by atoms with Gasteiger partial charge in [0.05, 0.1) is 12.6 Å². The molecule has 3 nitrogen and oxygen atoms in total. The summed E-state index contributed by atoms with van der Waals surface area (Å²) in [5.41, 5.74) is 2.35. The summed E-state index contributed by atoms with van der Waals surface area (Å²) in [6, 6.07) is 18.1. The summed E-state index contributed by atoms with van der Waals surface area (Å²) in [5, 5.41) is 3.93. The fourth-order valence-corrected chi connectivity index (χ4v) is 3.11. The lowest BCUT2D eigenvalue weighted by Gasteiger charge is -2.22. The molecule has 0 bridgehead atoms. The zero-order valence-electron chi connectivity index (χ0n) is 13.9. The molecule has 3 rings (SSSR count). The van der Waals surface area contributed by atoms with Crippen LogP contribution in [0.5, 0.6) is 0 Å². The van der Waals surface area contributed by atoms with Crippen molar-refractivity contribution in [1.29, 1.82) is 0 Å². The first kappa shape index (κ1) is 17.0. The van der Waals surface area contributed by atoms with Gasteiger partial charge in [-0.1, -0.05) is 54.1 Å². The maximum absolute atomic E-state index is 12.4. The van der Waals surface area contributed by atoms with Gasteiger partial charge in [-0.25, -0.2) is 0 Å². The largest absolute Gasteiger partial charge is 0.348 e. The highest BCUT2D eigenvalue weighted by Crippen LogP contribution is 2.41. The summed E-state index contributed by atoms with van der Waals surface area (Å²) in [7, 11) is 1.97. The van der Waals surface area contributed by atoms with Gasteiger partial charge in [-0.05, 0) is 49.1 Å². The fourth-order valence-electron chi connectivity index (χ4n) is 2.99. The highest BCUT2D eigenvalue weighted by atomic mass is 35.5. The van der Waals surface area contributed by atoms with Gasteiger partial charge in [-0.15, -0.1) is 0 Å². The second kappa shape index (κ2) is 7.82. The summed E-state index contributed by atoms with van der Waals surface area (Å²) in [6.45, 7) is 1.16. The smallest absolute Gasteiger partial charge is 0.234 e. The van der Waals surface area contributed by atoms with Crippen molar-refractivity contribution in [3.63, 3.8) is 0 Å². The van der Waals surface area contributed by atoms with Gasteiger partial charge in [0.25, 0.3) is 0 Å². The number of amides is 1. The Kier molecular flexibility index (Phi) is 5.54. The van der Waals surface area contributed by atoms with Gasteiger partial charge in [0.1, 0.15) is 0 Å². The van der Waals surface area contributed by atoms with Gasteiger partial charge >= 0.3 is 0 Å². The molecular weight excluding hydrogens is 320 g/mol. The second-order valence-electron chi connectivity index (χ2n) is 6.59. The second-order valence-corrected chi connectivity index (χ2v) is 7.03. The van der Waals surface area contributed by atoms with E-state index in [-0.39, 0.29) is 11.9 Å². The number of nitrogens with one attached hydrogen (secondary N) is 1. The Morgan fingerprint density at radius 3 is 2.46 bits per heavy atom. The van der Waals surface area contributed by atoms with Crippen LogP contribution < -0.4 is 5.32 Å². The average molecular weight is 343 g/mol. The van der Waals surface area contributed by atoms with Crippen LogP contribution in [0.25, 0.3) is 0 Å². The van der Waals surface area contributed by atoms with Crippen LogP contribution in [0.1, 0.15) is 30.0 Å². The molecule has 24 heavy (non-hydrogen) atoms. The lowest BCUT2D eigenvalue weighted by atomic mass is 10.0. The van der Waals surface area contributed by atoms with E-state index in [4.69, 9.17) is 11.6 Å². The van der Waals surface area contributed by atoms with E-state index in [1.165, 1.54) is 18.4 Å². The summed E-state index contributed by atoms with van der Waals surface area (Å²) in [4.78, 5) is 14.5. The van der Waals surface area contributed by atoms with E-state index >= 15 is 0 Å². The minimum absolute atomic E-state index is 0.0697. The van der Waals surface area contributed by atoms with E-state index < -0.39 is 0 Å². The number of benzene rings is 2. The zero-order chi connectivity index (χ0) is 16.9. The van der Waals surface area contributed by atoms with Crippen LogP contribution in [-0.2, 0) is 11.3 Å². The Hall–Kier alpha value is -1.84. The third-order valence-corrected chi connectivity index (χ3v) is 4.60. The molecule has 1 aliphatic rings. The first-order valence-corrected chi connectivity index (χ1v) is 8.77. The van der Waals surface area contributed by atoms with E-state index in [0.29, 0.717) is 12.5 Å². The lowest BCUT2D eigenvalue weighted by Crippen LogP contribution is -2.37. The number of hydrogen-bond acceptors (Lipinski definition) is 2. The van der Waals surface area contributed by atoms with Crippen molar-refractivity contribution < 1.29 is 4.79 Å². The molecule has 0 heterocycles. The van der Waals surface area contributed by atoms with Gasteiger partial charge < -0.3 is 5.32 Å². The minimum atomic E-state index is 0.0697. The number of carbonyl (C=O) groups is 1. The standard InChI is InChI=1S/C20H23ClN2O/c1-23(13-15-5-3-2-4-6-15)14-19(24)22-20(16-7-8-16)17-9-11-18(21)12-10-17/h2-6,9-12,16,20H,7-8,13-14H2,1H3,(H,22,24). The van der Waals surface area contributed by atoms with Crippen LogP contribution in [0.15, 0.2) is 54.6 Å². The molecule has 0 aromatic heterocycles. The molecule has 0 aliphatic heterocycles. The Morgan fingerprint density at radius 2 is 1.83 bits per heavy atom. The maximum Gasteiger partial charge on any atom is 0.234 e. The van der Waals surface area contributed by atoms with Crippen LogP contribution in [-0.4, -0.2) is 24.4 Å². The van der Waals surface area contributed by atoms with E-state index in [1.807, 2.05) is 54.4 Å². The predicted molar refractivity (Wildman–Crippen MR) is 97.8 cm³/mol. The number of nitrogens with zero attached hydrogens (tertiary/aromatic N) is 1. The summed E-state index contributed by atoms with van der Waals surface area (Å²) in [5.74, 6) is 0.620. The van der Waals surface area contributed by atoms with Crippen molar-refractivity contribution in [3.8, 4) is 0 Å². The molecule has 0 spiro atoms. The number of rotatable bonds is 7. The van der Waals surface area contributed by atoms with E-state index in [1.54, 1.807) is 0 Å². The first-order valence-electron chi connectivity index (χ1n) is 8.39. The molecule has 1 N–H and O–H groups in total. The van der Waals surface area contributed by atoms with Crippen LogP contribution in [0, 0.1) is 5.92 Å². The van der Waals surface area contributed by atoms with E-state index in [0.717, 1.165) is 17.1 Å². The predicted octanol–water partition coefficient (Wildman–Crippen LogP) is 4.04. The van der Waals surface area contributed by atoms with Crippen molar-refractivity contribution in [2.45, 2.75) is 25.4 Å². The molecule has 1 atom stereocenters. The summed E-state index contributed by atoms with van der Waals surface area (Å²) in [6.07, 6.45) is 2.35. The molecule has 4 heteroatoms. The van der Waals surface area contributed by atoms with Gasteiger partial charge in [0.15, 0.2) is 0 Å². The summed E-state index contributed by atoms with van der Waals surface area (Å²) >= 11 is 5.97. The Bertz CT molecular complexity index is 668. The highest BCUT2D eigenvalue weighted by Gasteiger charge is 2.33. The lowest BCUT2D eigenvalue weighted by molar-refractivity contribution is -0.123. The highest BCUT2D eigenvalue weighted by molar-refractivity contribution is 6.30. The quantitative estimate of drug-likeness (QED) is 0.823. The molecule has 2 aromatic rings. The van der Waals surface area contributed by atoms with E-state index in [9.17, 15) is 4.79 Å². The zero-order valence-corrected chi connectivity index (χ0v) is 14.7. The van der Waals surface area contributed by atoms with Crippen molar-refractivity contribution in [3.05, 3.63) is 70.7 Å². The normalized spacial score (nSPS) is 15.3. The number of likely N-dealkylation sites (N-methyl/N-ethyl adjacent to an activating group) is 1. The Balaban J connectivity index is 1.57. The number of carbonyl (C=O) groups excluding carboxylic acids is 1. The van der Waals surface area contributed by atoms with Crippen LogP contribution in [0.3, 0.4) is 0 Å². The Morgan fingerprint density at radius 1 is 1.17 bits per heavy atom. The molecule has 1 amide bonds. The third-order valence-electron chi connectivity index (χ3n) is 4.35. The molecule has 0 saturated heterocycles. The van der Waals surface area contributed by atoms with Gasteiger partial charge in [-0.2, -0.15) is 0 Å². The maximum atomic E-state index is 12.4. The Labute approximate surface area is 148 Å². The molecule has 126 valence electrons. The van der Waals surface area contributed by atoms with Crippen molar-refractivity contribution in [2.75, 3.05) is 13.6 Å². The number of halogens is 1. The van der Waals surface area contributed by atoms with Gasteiger partial charge in [0, 0.05) is 11.6 Å². The molecule has 1 aliphatic carbocycles. The van der Waals surface area contributed by atoms with Crippen LogP contribution in [0.4, 0.5) is 0 Å². The molecule has 0 radical (unpaired) electrons. The fraction of sp³-hybridized carbons (Fsp3) is 0.350. The summed E-state index contributed by atoms with van der Waals surface area (Å²) < 4.78 is 0. The monoisotopic (exact) mass is 342 g/mol. The molecule has 1 fully saturated rings. The molecular formula is C20H23ClN2O. The van der Waals surface area contributed by atoms with Crippen LogP contribution >= 0.6 is 11.6 Å². The first-order chi connectivity index (χ1) is 11.6. The molecule has 2 aromatic carbocycles. The van der Waals surface area contributed by atoms with Gasteiger partial charge in [-0.3, -0.25) is 9.69 Å². The van der Waals surface area contributed by atoms with Crippen molar-refractivity contribution in [2.24, 2.45) is 5.92 Å². The van der Waals surface area contributed by atoms with Crippen LogP contribution in [0.2, 0.25) is 5.02 Å². The van der Waals surface area contributed by atoms with Gasteiger partial charge in [0.2, 0.25) is 5.91 Å². The molecule has 1 saturated carbocycles. The number of hydrogen-bond donors (Lipinski definition) is 1. The minimum Gasteiger partial charge on any atom is -0.348 e. The molecule has 1 unspecified atom stereocenters. The topological polar surface area (TPSA) is 32.3 Å². The average Bonchev–Trinajstić information content (AvgIpc) is 3.39. The van der Waals surface area contributed by atoms with E-state index in [2.05, 4.69) is 17.4 Å². The van der Waals surface area contributed by atoms with Crippen molar-refractivity contribution >= 4 is 17.5 Å². The third kappa shape index (κ3) is 4.83. The SMILES string of the molecule is CN(CC(=O)NC(c1ccc(Cl)cc1)C1CC1)Cc1ccccc1. The van der Waals surface area contributed by atoms with Crippen molar-refractivity contribution in [1.82, 2.24) is 10.2 Å².